The van der Waals surface area contributed by atoms with Crippen LogP contribution in [0.25, 0.3) is 32.8 Å². The summed E-state index contributed by atoms with van der Waals surface area (Å²) in [6.07, 6.45) is 11.4. The van der Waals surface area contributed by atoms with E-state index in [9.17, 15) is 18.3 Å². The van der Waals surface area contributed by atoms with Crippen molar-refractivity contribution in [1.82, 2.24) is 20.2 Å². The van der Waals surface area contributed by atoms with E-state index < -0.39 is 28.9 Å². The van der Waals surface area contributed by atoms with Crippen molar-refractivity contribution in [2.45, 2.75) is 75.8 Å². The Morgan fingerprint density at radius 1 is 0.942 bits per heavy atom. The monoisotopic (exact) mass is 717 g/mol. The third-order valence-corrected chi connectivity index (χ3v) is 12.4. The van der Waals surface area contributed by atoms with Gasteiger partial charge in [0, 0.05) is 72.9 Å². The van der Waals surface area contributed by atoms with E-state index in [1.165, 1.54) is 24.3 Å². The van der Waals surface area contributed by atoms with Gasteiger partial charge in [-0.1, -0.05) is 12.0 Å². The number of terminal acetylenes is 1. The van der Waals surface area contributed by atoms with Crippen LogP contribution in [-0.4, -0.2) is 77.3 Å². The minimum absolute atomic E-state index is 0.0281. The second kappa shape index (κ2) is 12.2. The van der Waals surface area contributed by atoms with Gasteiger partial charge in [0.2, 0.25) is 5.92 Å². The molecule has 2 aliphatic carbocycles. The predicted molar refractivity (Wildman–Crippen MR) is 188 cm³/mol. The standard InChI is InChI=1S/C40H40F5N5O2/c1-2-27-30(41)6-3-23-15-26(51)16-28(32(23)27)33-31(42)17-29-35(34(33)43)47-37(48-36(29)50-18-24-4-5-25(19-50)46-24)52-22-39(7-8-39)21-49-14-13-38(20-49)9-11-40(44,45)12-10-38/h1,3,6,15-17,24-25,46,51H,4-5,7-14,18-22H2. The van der Waals surface area contributed by atoms with Crippen LogP contribution in [-0.2, 0) is 0 Å². The predicted octanol–water partition coefficient (Wildman–Crippen LogP) is 7.56. The summed E-state index contributed by atoms with van der Waals surface area (Å²) in [5, 5.41) is 14.8. The van der Waals surface area contributed by atoms with Crippen molar-refractivity contribution in [2.24, 2.45) is 10.8 Å². The SMILES string of the molecule is C#Cc1c(F)ccc2cc(O)cc(-c3c(F)cc4c(N5CC6CCC(C5)N6)nc(OCC5(CN6CCC7(CCC(F)(F)CC7)C6)CC5)nc4c3F)c12. The third kappa shape index (κ3) is 5.90. The molecule has 5 fully saturated rings. The first kappa shape index (κ1) is 33.6. The Hall–Kier alpha value is -4.21. The summed E-state index contributed by atoms with van der Waals surface area (Å²) in [5.74, 6) is -2.79. The number of piperazine rings is 1. The molecule has 4 aromatic rings. The molecule has 4 heterocycles. The van der Waals surface area contributed by atoms with Crippen molar-refractivity contribution in [3.8, 4) is 35.2 Å². The number of hydrogen-bond donors (Lipinski definition) is 2. The molecule has 2 bridgehead atoms. The number of halogens is 5. The van der Waals surface area contributed by atoms with Crippen LogP contribution in [0.3, 0.4) is 0 Å². The normalized spacial score (nSPS) is 24.5. The maximum absolute atomic E-state index is 17.0. The van der Waals surface area contributed by atoms with E-state index in [4.69, 9.17) is 16.1 Å². The molecule has 0 radical (unpaired) electrons. The average Bonchev–Trinajstić information content (AvgIpc) is 3.64. The van der Waals surface area contributed by atoms with Crippen LogP contribution in [0, 0.1) is 40.6 Å². The highest BCUT2D eigenvalue weighted by atomic mass is 19.3. The van der Waals surface area contributed by atoms with Crippen LogP contribution in [0.2, 0.25) is 0 Å². The van der Waals surface area contributed by atoms with Crippen LogP contribution in [0.4, 0.5) is 27.8 Å². The van der Waals surface area contributed by atoms with Gasteiger partial charge in [0.05, 0.1) is 17.7 Å². The zero-order chi connectivity index (χ0) is 36.0. The molecule has 2 N–H and O–H groups in total. The van der Waals surface area contributed by atoms with Gasteiger partial charge in [-0.05, 0) is 86.6 Å². The fourth-order valence-electron chi connectivity index (χ4n) is 9.38. The number of nitrogens with zero attached hydrogens (tertiary/aromatic N) is 4. The first-order valence-electron chi connectivity index (χ1n) is 18.3. The molecule has 272 valence electrons. The molecular weight excluding hydrogens is 677 g/mol. The number of aromatic nitrogens is 2. The molecule has 2 saturated carbocycles. The molecule has 2 atom stereocenters. The Morgan fingerprint density at radius 3 is 2.40 bits per heavy atom. The minimum atomic E-state index is -2.56. The molecule has 3 saturated heterocycles. The maximum atomic E-state index is 17.0. The molecule has 2 unspecified atom stereocenters. The summed E-state index contributed by atoms with van der Waals surface area (Å²) >= 11 is 0. The van der Waals surface area contributed by atoms with Crippen LogP contribution < -0.4 is 15.0 Å². The molecule has 5 aliphatic rings. The Labute approximate surface area is 298 Å². The van der Waals surface area contributed by atoms with Crippen LogP contribution in [0.1, 0.15) is 63.4 Å². The van der Waals surface area contributed by atoms with E-state index >= 15 is 8.78 Å². The van der Waals surface area contributed by atoms with Crippen LogP contribution in [0.15, 0.2) is 30.3 Å². The zero-order valence-electron chi connectivity index (χ0n) is 28.8. The lowest BCUT2D eigenvalue weighted by atomic mass is 9.72. The first-order chi connectivity index (χ1) is 24.9. The van der Waals surface area contributed by atoms with Crippen molar-refractivity contribution < 1.29 is 31.8 Å². The van der Waals surface area contributed by atoms with Crippen LogP contribution >= 0.6 is 0 Å². The van der Waals surface area contributed by atoms with Gasteiger partial charge in [-0.2, -0.15) is 9.97 Å². The summed E-state index contributed by atoms with van der Waals surface area (Å²) in [6, 6.07) is 6.71. The highest BCUT2D eigenvalue weighted by molar-refractivity contribution is 6.04. The summed E-state index contributed by atoms with van der Waals surface area (Å²) in [7, 11) is 0. The average molecular weight is 718 g/mol. The van der Waals surface area contributed by atoms with E-state index in [0.29, 0.717) is 43.7 Å². The van der Waals surface area contributed by atoms with Gasteiger partial charge in [-0.3, -0.25) is 0 Å². The molecule has 12 heteroatoms. The van der Waals surface area contributed by atoms with Gasteiger partial charge in [0.15, 0.2) is 5.82 Å². The number of alkyl halides is 2. The fourth-order valence-corrected chi connectivity index (χ4v) is 9.38. The zero-order valence-corrected chi connectivity index (χ0v) is 28.8. The molecule has 3 aliphatic heterocycles. The van der Waals surface area contributed by atoms with Crippen LogP contribution in [0.5, 0.6) is 11.8 Å². The Balaban J connectivity index is 1.07. The van der Waals surface area contributed by atoms with Crippen molar-refractivity contribution in [3.63, 3.8) is 0 Å². The molecule has 9 rings (SSSR count). The smallest absolute Gasteiger partial charge is 0.319 e. The van der Waals surface area contributed by atoms with Gasteiger partial charge in [0.1, 0.15) is 28.7 Å². The Kier molecular flexibility index (Phi) is 7.87. The van der Waals surface area contributed by atoms with Crippen molar-refractivity contribution in [1.29, 1.82) is 0 Å². The van der Waals surface area contributed by atoms with Gasteiger partial charge in [-0.25, -0.2) is 22.0 Å². The number of hydrogen-bond acceptors (Lipinski definition) is 7. The third-order valence-electron chi connectivity index (χ3n) is 12.4. The second-order valence-electron chi connectivity index (χ2n) is 16.1. The number of fused-ring (bicyclic) bond motifs is 4. The molecule has 0 amide bonds. The summed E-state index contributed by atoms with van der Waals surface area (Å²) in [6.45, 7) is 3.94. The molecule has 1 spiro atoms. The Morgan fingerprint density at radius 2 is 1.69 bits per heavy atom. The summed E-state index contributed by atoms with van der Waals surface area (Å²) < 4.78 is 82.4. The molecule has 52 heavy (non-hydrogen) atoms. The van der Waals surface area contributed by atoms with Gasteiger partial charge >= 0.3 is 6.01 Å². The number of ether oxygens (including phenoxy) is 1. The number of likely N-dealkylation sites (tertiary alicyclic amines) is 1. The maximum Gasteiger partial charge on any atom is 0.319 e. The summed E-state index contributed by atoms with van der Waals surface area (Å²) in [4.78, 5) is 13.7. The second-order valence-corrected chi connectivity index (χ2v) is 16.1. The minimum Gasteiger partial charge on any atom is -0.508 e. The van der Waals surface area contributed by atoms with Gasteiger partial charge in [-0.15, -0.1) is 6.42 Å². The number of rotatable bonds is 7. The van der Waals surface area contributed by atoms with E-state index in [1.54, 1.807) is 0 Å². The van der Waals surface area contributed by atoms with Crippen molar-refractivity contribution in [3.05, 3.63) is 53.3 Å². The number of anilines is 1. The topological polar surface area (TPSA) is 73.8 Å². The fraction of sp³-hybridized carbons (Fsp3) is 0.500. The lowest BCUT2D eigenvalue weighted by Gasteiger charge is -2.37. The van der Waals surface area contributed by atoms with E-state index in [0.717, 1.165) is 57.8 Å². The van der Waals surface area contributed by atoms with Gasteiger partial charge in [0.25, 0.3) is 0 Å². The Bertz CT molecular complexity index is 2130. The molecule has 3 aromatic carbocycles. The first-order valence-corrected chi connectivity index (χ1v) is 18.3. The molecule has 7 nitrogen and oxygen atoms in total. The number of aromatic hydroxyl groups is 1. The quantitative estimate of drug-likeness (QED) is 0.151. The summed E-state index contributed by atoms with van der Waals surface area (Å²) in [5.41, 5.74) is -1.11. The molecule has 1 aromatic heterocycles. The van der Waals surface area contributed by atoms with E-state index in [2.05, 4.69) is 21.1 Å². The largest absolute Gasteiger partial charge is 0.508 e. The number of nitrogens with one attached hydrogen (secondary N) is 1. The number of phenols is 1. The highest BCUT2D eigenvalue weighted by Crippen LogP contribution is 2.52. The van der Waals surface area contributed by atoms with E-state index in [-0.39, 0.29) is 74.9 Å². The highest BCUT2D eigenvalue weighted by Gasteiger charge is 2.50. The van der Waals surface area contributed by atoms with E-state index in [1.807, 2.05) is 4.90 Å². The lowest BCUT2D eigenvalue weighted by Crippen LogP contribution is -2.51. The molecular formula is C40H40F5N5O2. The number of benzene rings is 3. The number of phenolic OH excluding ortho intramolecular Hbond substituents is 1. The van der Waals surface area contributed by atoms with Crippen molar-refractivity contribution >= 4 is 27.5 Å². The van der Waals surface area contributed by atoms with Gasteiger partial charge < -0.3 is 25.0 Å². The lowest BCUT2D eigenvalue weighted by molar-refractivity contribution is -0.0650. The van der Waals surface area contributed by atoms with Crippen molar-refractivity contribution in [2.75, 3.05) is 44.2 Å².